The molecule has 0 aliphatic carbocycles. The van der Waals surface area contributed by atoms with Crippen LogP contribution in [-0.4, -0.2) is 68.6 Å². The van der Waals surface area contributed by atoms with Gasteiger partial charge in [0, 0.05) is 34.7 Å². The second kappa shape index (κ2) is 10.3. The Labute approximate surface area is 216 Å². The van der Waals surface area contributed by atoms with Gasteiger partial charge in [0.2, 0.25) is 6.20 Å². The smallest absolute Gasteiger partial charge is 0.352 e. The summed E-state index contributed by atoms with van der Waals surface area (Å²) in [5.41, 5.74) is 3.62. The van der Waals surface area contributed by atoms with Crippen LogP contribution in [0.1, 0.15) is 10.9 Å². The summed E-state index contributed by atoms with van der Waals surface area (Å²) in [5.74, 6) is -2.42. The first-order chi connectivity index (χ1) is 17.2. The number of rotatable bonds is 9. The molecule has 1 fully saturated rings. The molecule has 190 valence electrons. The molecule has 2 aliphatic rings. The van der Waals surface area contributed by atoms with Crippen LogP contribution < -0.4 is 21.2 Å². The maximum atomic E-state index is 13.3. The Morgan fingerprint density at radius 2 is 2.22 bits per heavy atom. The second-order valence-corrected chi connectivity index (χ2v) is 10.6. The van der Waals surface area contributed by atoms with Crippen molar-refractivity contribution in [1.29, 1.82) is 0 Å². The molecule has 0 aromatic carbocycles. The van der Waals surface area contributed by atoms with E-state index >= 15 is 0 Å². The lowest BCUT2D eigenvalue weighted by molar-refractivity contribution is -0.672. The largest absolute Gasteiger partial charge is 0.594 e. The second-order valence-electron chi connectivity index (χ2n) is 7.52. The summed E-state index contributed by atoms with van der Waals surface area (Å²) in [6.45, 7) is 0. The molecule has 2 aliphatic heterocycles. The maximum Gasteiger partial charge on any atom is 0.352 e. The lowest BCUT2D eigenvalue weighted by atomic mass is 9.97. The number of methoxy groups -OCH3 is 1. The van der Waals surface area contributed by atoms with Gasteiger partial charge in [-0.15, -0.1) is 23.1 Å². The van der Waals surface area contributed by atoms with Crippen LogP contribution in [-0.2, 0) is 19.1 Å². The number of carbonyl (C=O) groups excluding carboxylic acids is 3. The van der Waals surface area contributed by atoms with Crippen molar-refractivity contribution < 1.29 is 33.9 Å². The molecule has 13 nitrogen and oxygen atoms in total. The Kier molecular flexibility index (Phi) is 7.39. The number of amides is 4. The van der Waals surface area contributed by atoms with Gasteiger partial charge >= 0.3 is 12.0 Å². The van der Waals surface area contributed by atoms with Gasteiger partial charge in [0.25, 0.3) is 17.5 Å². The van der Waals surface area contributed by atoms with E-state index < -0.39 is 41.0 Å². The first-order valence-corrected chi connectivity index (χ1v) is 13.2. The average molecular weight is 553 g/mol. The Morgan fingerprint density at radius 3 is 2.83 bits per heavy atom. The van der Waals surface area contributed by atoms with E-state index in [0.717, 1.165) is 16.7 Å². The number of primary amides is 1. The van der Waals surface area contributed by atoms with Gasteiger partial charge < -0.3 is 31.4 Å². The molecular weight excluding hydrogens is 532 g/mol. The van der Waals surface area contributed by atoms with Gasteiger partial charge in [-0.25, -0.2) is 9.59 Å². The van der Waals surface area contributed by atoms with E-state index in [1.54, 1.807) is 23.6 Å². The van der Waals surface area contributed by atoms with Crippen molar-refractivity contribution >= 4 is 58.7 Å². The molecule has 0 spiro atoms. The van der Waals surface area contributed by atoms with Crippen LogP contribution in [0.3, 0.4) is 0 Å². The fraction of sp³-hybridized carbons (Fsp3) is 0.300. The highest BCUT2D eigenvalue weighted by molar-refractivity contribution is 8.01. The highest BCUT2D eigenvalue weighted by Gasteiger charge is 2.67. The third kappa shape index (κ3) is 4.71. The van der Waals surface area contributed by atoms with Crippen LogP contribution in [0.2, 0.25) is 0 Å². The molecule has 0 bridgehead atoms. The van der Waals surface area contributed by atoms with Gasteiger partial charge in [0.05, 0.1) is 0 Å². The first kappa shape index (κ1) is 25.7. The molecule has 4 heterocycles. The van der Waals surface area contributed by atoms with E-state index in [9.17, 15) is 29.5 Å². The molecular formula is C20H20N6O7S3. The van der Waals surface area contributed by atoms with Crippen LogP contribution in [0.4, 0.5) is 4.79 Å². The maximum absolute atomic E-state index is 13.3. The van der Waals surface area contributed by atoms with Crippen molar-refractivity contribution in [2.24, 2.45) is 5.73 Å². The lowest BCUT2D eigenvalue weighted by Gasteiger charge is -2.56. The minimum Gasteiger partial charge on any atom is -0.594 e. The number of urea groups is 1. The number of fused-ring (bicyclic) bond motifs is 1. The summed E-state index contributed by atoms with van der Waals surface area (Å²) in [6.07, 6.45) is 1.23. The van der Waals surface area contributed by atoms with Crippen molar-refractivity contribution in [3.05, 3.63) is 57.2 Å². The van der Waals surface area contributed by atoms with Gasteiger partial charge in [0.15, 0.2) is 5.03 Å². The Hall–Kier alpha value is -3.34. The molecule has 16 heteroatoms. The number of thiophene rings is 1. The molecule has 0 saturated carbocycles. The Bertz CT molecular complexity index is 1240. The number of aromatic nitrogens is 2. The average Bonchev–Trinajstić information content (AvgIpc) is 3.38. The van der Waals surface area contributed by atoms with E-state index in [1.165, 1.54) is 42.5 Å². The molecule has 36 heavy (non-hydrogen) atoms. The van der Waals surface area contributed by atoms with Crippen LogP contribution in [0.5, 0.6) is 0 Å². The highest BCUT2D eigenvalue weighted by Crippen LogP contribution is 2.47. The fourth-order valence-corrected chi connectivity index (χ4v) is 6.99. The summed E-state index contributed by atoms with van der Waals surface area (Å²) >= 11 is 3.58. The van der Waals surface area contributed by atoms with Crippen LogP contribution in [0.15, 0.2) is 52.1 Å². The standard InChI is InChI=1S/C20H20N6O7S3/c1-33-20(23-15(27)13(22-19(21)31)11-4-3-7-34-11)17(30)26-14(16(28)29)10(9-36-18(20)26)8-35-12-5-2-6-25(32)24-12/h2-7,13,18H,8-9H2,1H3,(H,23,27)(H,28,29)(H3,21,22,31)/t13?,18?,20-/m1/s1. The number of ether oxygens (including phenoxy) is 1. The summed E-state index contributed by atoms with van der Waals surface area (Å²) in [7, 11) is 1.23. The number of nitrogens with two attached hydrogens (primary N) is 1. The summed E-state index contributed by atoms with van der Waals surface area (Å²) in [4.78, 5) is 52.0. The van der Waals surface area contributed by atoms with E-state index in [1.807, 2.05) is 0 Å². The topological polar surface area (TPSA) is 191 Å². The number of hydrogen-bond acceptors (Lipinski definition) is 10. The zero-order valence-corrected chi connectivity index (χ0v) is 21.0. The first-order valence-electron chi connectivity index (χ1n) is 10.2. The third-order valence-corrected chi connectivity index (χ3v) is 8.68. The van der Waals surface area contributed by atoms with E-state index in [0.29, 0.717) is 20.3 Å². The third-order valence-electron chi connectivity index (χ3n) is 5.36. The summed E-state index contributed by atoms with van der Waals surface area (Å²) in [6, 6.07) is 4.34. The normalized spacial score (nSPS) is 21.9. The highest BCUT2D eigenvalue weighted by atomic mass is 32.2. The number of β-lactam (4-membered cyclic amide) rings is 1. The molecule has 1 saturated heterocycles. The monoisotopic (exact) mass is 552 g/mol. The number of carbonyl (C=O) groups is 4. The van der Waals surface area contributed by atoms with E-state index in [4.69, 9.17) is 10.5 Å². The summed E-state index contributed by atoms with van der Waals surface area (Å²) in [5, 5.41) is 31.2. The summed E-state index contributed by atoms with van der Waals surface area (Å²) < 4.78 is 5.45. The number of aliphatic carboxylic acids is 1. The van der Waals surface area contributed by atoms with E-state index in [-0.39, 0.29) is 17.2 Å². The SMILES string of the molecule is CO[C@]1(NC(=O)C(NC(N)=O)c2cccs2)C(=O)N2C(C(=O)O)=C(CSc3ccc[n+]([O-])n3)CSC21. The molecule has 2 aromatic heterocycles. The van der Waals surface area contributed by atoms with Crippen LogP contribution in [0.25, 0.3) is 0 Å². The Balaban J connectivity index is 1.56. The van der Waals surface area contributed by atoms with E-state index in [2.05, 4.69) is 15.7 Å². The van der Waals surface area contributed by atoms with Crippen molar-refractivity contribution in [1.82, 2.24) is 20.6 Å². The lowest BCUT2D eigenvalue weighted by Crippen LogP contribution is -2.81. The molecule has 0 radical (unpaired) electrons. The number of carboxylic acid groups (broad SMARTS) is 1. The van der Waals surface area contributed by atoms with Gasteiger partial charge in [0.1, 0.15) is 17.1 Å². The number of thioether (sulfide) groups is 2. The van der Waals surface area contributed by atoms with Gasteiger partial charge in [-0.2, -0.15) is 0 Å². The van der Waals surface area contributed by atoms with Crippen LogP contribution in [0, 0.1) is 5.21 Å². The minimum atomic E-state index is -1.84. The minimum absolute atomic E-state index is 0.178. The van der Waals surface area contributed by atoms with Crippen molar-refractivity contribution in [3.8, 4) is 0 Å². The number of hydrogen-bond donors (Lipinski definition) is 4. The molecule has 2 aromatic rings. The van der Waals surface area contributed by atoms with Crippen LogP contribution >= 0.6 is 34.9 Å². The van der Waals surface area contributed by atoms with Crippen molar-refractivity contribution in [3.63, 3.8) is 0 Å². The fourth-order valence-electron chi connectivity index (χ4n) is 3.77. The molecule has 2 unspecified atom stereocenters. The zero-order valence-electron chi connectivity index (χ0n) is 18.6. The molecule has 4 rings (SSSR count). The Morgan fingerprint density at radius 1 is 1.44 bits per heavy atom. The predicted molar refractivity (Wildman–Crippen MR) is 129 cm³/mol. The van der Waals surface area contributed by atoms with Gasteiger partial charge in [-0.05, 0) is 23.1 Å². The quantitative estimate of drug-likeness (QED) is 0.108. The number of carboxylic acids is 1. The van der Waals surface area contributed by atoms with Gasteiger partial charge in [-0.1, -0.05) is 22.7 Å². The molecule has 4 amide bonds. The number of nitrogens with one attached hydrogen (secondary N) is 2. The van der Waals surface area contributed by atoms with Crippen molar-refractivity contribution in [2.75, 3.05) is 18.6 Å². The van der Waals surface area contributed by atoms with Gasteiger partial charge in [-0.3, -0.25) is 14.5 Å². The van der Waals surface area contributed by atoms with Crippen molar-refractivity contribution in [2.45, 2.75) is 22.2 Å². The predicted octanol–water partition coefficient (Wildman–Crippen LogP) is -0.00910. The number of nitrogens with zero attached hydrogens (tertiary/aromatic N) is 3. The zero-order chi connectivity index (χ0) is 26.0. The molecule has 3 atom stereocenters. The molecule has 5 N–H and O–H groups in total.